The molecule has 0 aliphatic heterocycles. The molecule has 0 spiro atoms. The van der Waals surface area contributed by atoms with Gasteiger partial charge in [-0.25, -0.2) is 13.1 Å². The summed E-state index contributed by atoms with van der Waals surface area (Å²) in [5.74, 6) is 0.640. The zero-order chi connectivity index (χ0) is 20.3. The van der Waals surface area contributed by atoms with Crippen LogP contribution in [0, 0.1) is 6.92 Å². The molecule has 0 atom stereocenters. The second-order valence-electron chi connectivity index (χ2n) is 6.74. The van der Waals surface area contributed by atoms with Crippen molar-refractivity contribution in [2.45, 2.75) is 18.4 Å². The van der Waals surface area contributed by atoms with Crippen molar-refractivity contribution in [2.75, 3.05) is 0 Å². The summed E-state index contributed by atoms with van der Waals surface area (Å²) in [7, 11) is -3.62. The number of nitrogens with one attached hydrogen (secondary N) is 1. The molecule has 0 saturated heterocycles. The Balaban J connectivity index is 1.48. The van der Waals surface area contributed by atoms with Crippen LogP contribution in [0.3, 0.4) is 0 Å². The predicted molar refractivity (Wildman–Crippen MR) is 113 cm³/mol. The summed E-state index contributed by atoms with van der Waals surface area (Å²) in [6.07, 6.45) is 3.21. The average molecular weight is 404 g/mol. The van der Waals surface area contributed by atoms with Gasteiger partial charge in [-0.3, -0.25) is 4.98 Å². The Morgan fingerprint density at radius 1 is 0.931 bits per heavy atom. The lowest BCUT2D eigenvalue weighted by Crippen LogP contribution is -2.23. The molecule has 29 heavy (non-hydrogen) atoms. The minimum Gasteiger partial charge on any atom is -0.463 e. The van der Waals surface area contributed by atoms with Gasteiger partial charge in [0, 0.05) is 12.7 Å². The van der Waals surface area contributed by atoms with Crippen molar-refractivity contribution in [3.05, 3.63) is 96.4 Å². The molecule has 0 unspecified atom stereocenters. The van der Waals surface area contributed by atoms with Crippen LogP contribution < -0.4 is 4.72 Å². The smallest absolute Gasteiger partial charge is 0.240 e. The fourth-order valence-electron chi connectivity index (χ4n) is 2.98. The second-order valence-corrected chi connectivity index (χ2v) is 8.51. The van der Waals surface area contributed by atoms with Crippen molar-refractivity contribution in [2.24, 2.45) is 0 Å². The molecule has 2 aromatic carbocycles. The first-order valence-electron chi connectivity index (χ1n) is 9.17. The number of nitrogens with zero attached hydrogens (tertiary/aromatic N) is 1. The Morgan fingerprint density at radius 3 is 2.28 bits per heavy atom. The first-order valence-corrected chi connectivity index (χ1v) is 10.7. The van der Waals surface area contributed by atoms with E-state index in [4.69, 9.17) is 4.42 Å². The highest BCUT2D eigenvalue weighted by Crippen LogP contribution is 2.22. The number of pyridine rings is 1. The zero-order valence-corrected chi connectivity index (χ0v) is 16.7. The lowest BCUT2D eigenvalue weighted by Gasteiger charge is -2.09. The molecular formula is C23H20N2O3S. The number of hydrogen-bond acceptors (Lipinski definition) is 4. The van der Waals surface area contributed by atoms with Crippen molar-refractivity contribution in [1.29, 1.82) is 0 Å². The average Bonchev–Trinajstić information content (AvgIpc) is 3.28. The van der Waals surface area contributed by atoms with Gasteiger partial charge < -0.3 is 4.42 Å². The van der Waals surface area contributed by atoms with Gasteiger partial charge in [0.05, 0.1) is 11.2 Å². The molecule has 0 saturated carbocycles. The van der Waals surface area contributed by atoms with Crippen LogP contribution in [-0.2, 0) is 16.6 Å². The molecule has 2 aromatic heterocycles. The van der Waals surface area contributed by atoms with Crippen LogP contribution >= 0.6 is 0 Å². The number of benzene rings is 2. The van der Waals surface area contributed by atoms with Gasteiger partial charge in [-0.2, -0.15) is 0 Å². The summed E-state index contributed by atoms with van der Waals surface area (Å²) in [5, 5.41) is 0. The number of rotatable bonds is 6. The van der Waals surface area contributed by atoms with Crippen LogP contribution in [0.5, 0.6) is 0 Å². The van der Waals surface area contributed by atoms with Crippen molar-refractivity contribution in [3.8, 4) is 22.6 Å². The van der Waals surface area contributed by atoms with Gasteiger partial charge in [0.1, 0.15) is 5.69 Å². The van der Waals surface area contributed by atoms with Crippen LogP contribution in [0.1, 0.15) is 11.1 Å². The largest absolute Gasteiger partial charge is 0.463 e. The van der Waals surface area contributed by atoms with E-state index in [0.717, 1.165) is 16.7 Å². The maximum absolute atomic E-state index is 12.7. The van der Waals surface area contributed by atoms with Crippen LogP contribution in [0.15, 0.2) is 94.6 Å². The SMILES string of the molecule is Cc1ccc(-c2ccc(S(=O)(=O)NCc3ccnc(-c4ccco4)c3)cc2)cc1. The Labute approximate surface area is 170 Å². The fourth-order valence-corrected chi connectivity index (χ4v) is 4.00. The number of hydrogen-bond donors (Lipinski definition) is 1. The highest BCUT2D eigenvalue weighted by Gasteiger charge is 2.14. The highest BCUT2D eigenvalue weighted by atomic mass is 32.2. The van der Waals surface area contributed by atoms with Gasteiger partial charge in [0.25, 0.3) is 0 Å². The van der Waals surface area contributed by atoms with Crippen LogP contribution in [0.4, 0.5) is 0 Å². The van der Waals surface area contributed by atoms with E-state index >= 15 is 0 Å². The van der Waals surface area contributed by atoms with E-state index in [2.05, 4.69) is 9.71 Å². The topological polar surface area (TPSA) is 72.2 Å². The number of furan rings is 1. The molecule has 5 nitrogen and oxygen atoms in total. The summed E-state index contributed by atoms with van der Waals surface area (Å²) < 4.78 is 33.3. The van der Waals surface area contributed by atoms with E-state index in [9.17, 15) is 8.42 Å². The molecular weight excluding hydrogens is 384 g/mol. The molecule has 0 radical (unpaired) electrons. The van der Waals surface area contributed by atoms with Gasteiger partial charge in [0.15, 0.2) is 5.76 Å². The summed E-state index contributed by atoms with van der Waals surface area (Å²) in [5.41, 5.74) is 4.67. The van der Waals surface area contributed by atoms with Crippen LogP contribution in [-0.4, -0.2) is 13.4 Å². The van der Waals surface area contributed by atoms with Crippen molar-refractivity contribution < 1.29 is 12.8 Å². The maximum Gasteiger partial charge on any atom is 0.240 e. The standard InChI is InChI=1S/C23H20N2O3S/c1-17-4-6-19(7-5-17)20-8-10-21(11-9-20)29(26,27)25-16-18-12-13-24-22(15-18)23-3-2-14-28-23/h2-15,25H,16H2,1H3. The normalized spacial score (nSPS) is 11.5. The monoisotopic (exact) mass is 404 g/mol. The van der Waals surface area contributed by atoms with E-state index < -0.39 is 10.0 Å². The molecule has 4 aromatic rings. The zero-order valence-electron chi connectivity index (χ0n) is 15.9. The molecule has 146 valence electrons. The van der Waals surface area contributed by atoms with E-state index in [-0.39, 0.29) is 11.4 Å². The quantitative estimate of drug-likeness (QED) is 0.501. The number of aromatic nitrogens is 1. The summed E-state index contributed by atoms with van der Waals surface area (Å²) >= 11 is 0. The molecule has 2 heterocycles. The third-order valence-corrected chi connectivity index (χ3v) is 6.03. The Morgan fingerprint density at radius 2 is 1.62 bits per heavy atom. The fraction of sp³-hybridized carbons (Fsp3) is 0.0870. The van der Waals surface area contributed by atoms with Gasteiger partial charge in [0.2, 0.25) is 10.0 Å². The Bertz CT molecular complexity index is 1200. The Hall–Kier alpha value is -3.22. The first kappa shape index (κ1) is 19.1. The first-order chi connectivity index (χ1) is 14.0. The van der Waals surface area contributed by atoms with Crippen molar-refractivity contribution in [3.63, 3.8) is 0 Å². The summed E-state index contributed by atoms with van der Waals surface area (Å²) in [6.45, 7) is 2.20. The number of aryl methyl sites for hydroxylation is 1. The minimum atomic E-state index is -3.62. The molecule has 4 rings (SSSR count). The summed E-state index contributed by atoms with van der Waals surface area (Å²) in [6, 6.07) is 22.2. The molecule has 0 bridgehead atoms. The van der Waals surface area contributed by atoms with E-state index in [1.807, 2.05) is 55.5 Å². The van der Waals surface area contributed by atoms with Crippen LogP contribution in [0.2, 0.25) is 0 Å². The molecule has 1 N–H and O–H groups in total. The Kier molecular flexibility index (Phi) is 5.29. The van der Waals surface area contributed by atoms with Gasteiger partial charge >= 0.3 is 0 Å². The van der Waals surface area contributed by atoms with E-state index in [1.54, 1.807) is 36.7 Å². The van der Waals surface area contributed by atoms with Crippen LogP contribution in [0.25, 0.3) is 22.6 Å². The molecule has 0 amide bonds. The highest BCUT2D eigenvalue weighted by molar-refractivity contribution is 7.89. The van der Waals surface area contributed by atoms with E-state index in [0.29, 0.717) is 11.5 Å². The maximum atomic E-state index is 12.7. The predicted octanol–water partition coefficient (Wildman–Crippen LogP) is 4.80. The van der Waals surface area contributed by atoms with Gasteiger partial charge in [-0.05, 0) is 60.0 Å². The summed E-state index contributed by atoms with van der Waals surface area (Å²) in [4.78, 5) is 4.49. The van der Waals surface area contributed by atoms with Gasteiger partial charge in [-0.1, -0.05) is 42.0 Å². The second kappa shape index (κ2) is 8.03. The molecule has 0 fully saturated rings. The molecule has 0 aliphatic rings. The number of sulfonamides is 1. The third-order valence-electron chi connectivity index (χ3n) is 4.61. The van der Waals surface area contributed by atoms with Crippen molar-refractivity contribution >= 4 is 10.0 Å². The lowest BCUT2D eigenvalue weighted by atomic mass is 10.0. The van der Waals surface area contributed by atoms with E-state index in [1.165, 1.54) is 5.56 Å². The lowest BCUT2D eigenvalue weighted by molar-refractivity contribution is 0.579. The third kappa shape index (κ3) is 4.45. The molecule has 6 heteroatoms. The van der Waals surface area contributed by atoms with Crippen molar-refractivity contribution in [1.82, 2.24) is 9.71 Å². The van der Waals surface area contributed by atoms with Gasteiger partial charge in [-0.15, -0.1) is 0 Å². The minimum absolute atomic E-state index is 0.165. The molecule has 0 aliphatic carbocycles.